The number of ether oxygens (including phenoxy) is 2. The molecule has 0 radical (unpaired) electrons. The van der Waals surface area contributed by atoms with Crippen molar-refractivity contribution in [2.45, 2.75) is 59.3 Å². The van der Waals surface area contributed by atoms with Crippen LogP contribution in [0.5, 0.6) is 0 Å². The number of alkyl carbamates (subject to hydrolysis) is 1. The van der Waals surface area contributed by atoms with Gasteiger partial charge in [-0.2, -0.15) is 0 Å². The summed E-state index contributed by atoms with van der Waals surface area (Å²) in [6, 6.07) is 15.3. The zero-order valence-electron chi connectivity index (χ0n) is 17.4. The third-order valence-electron chi connectivity index (χ3n) is 4.22. The molecule has 5 nitrogen and oxygen atoms in total. The lowest BCUT2D eigenvalue weighted by molar-refractivity contribution is -0.150. The molecule has 2 aromatic carbocycles. The molecule has 0 aromatic heterocycles. The summed E-state index contributed by atoms with van der Waals surface area (Å²) in [7, 11) is 0. The molecule has 28 heavy (non-hydrogen) atoms. The van der Waals surface area contributed by atoms with E-state index in [1.54, 1.807) is 34.6 Å². The normalized spacial score (nSPS) is 13.4. The summed E-state index contributed by atoms with van der Waals surface area (Å²) in [5.41, 5.74) is 3.75. The number of amides is 1. The van der Waals surface area contributed by atoms with Gasteiger partial charge in [0.25, 0.3) is 0 Å². The van der Waals surface area contributed by atoms with Gasteiger partial charge in [-0.25, -0.2) is 9.59 Å². The summed E-state index contributed by atoms with van der Waals surface area (Å²) in [6.07, 6.45) is -1.08. The average Bonchev–Trinajstić information content (AvgIpc) is 2.60. The molecule has 0 aliphatic heterocycles. The number of carbonyl (C=O) groups is 2. The molecule has 0 fully saturated rings. The van der Waals surface area contributed by atoms with Crippen LogP contribution in [0.3, 0.4) is 0 Å². The number of esters is 1. The van der Waals surface area contributed by atoms with Gasteiger partial charge in [0.2, 0.25) is 0 Å². The highest BCUT2D eigenvalue weighted by Gasteiger charge is 2.23. The Morgan fingerprint density at radius 1 is 0.964 bits per heavy atom. The second-order valence-corrected chi connectivity index (χ2v) is 7.88. The van der Waals surface area contributed by atoms with E-state index < -0.39 is 29.8 Å². The number of benzene rings is 2. The lowest BCUT2D eigenvalue weighted by atomic mass is 9.99. The van der Waals surface area contributed by atoms with Crippen LogP contribution in [-0.2, 0) is 14.3 Å². The van der Waals surface area contributed by atoms with E-state index in [2.05, 4.69) is 24.4 Å². The fourth-order valence-electron chi connectivity index (χ4n) is 2.72. The first-order valence-corrected chi connectivity index (χ1v) is 9.43. The second kappa shape index (κ2) is 8.91. The minimum Gasteiger partial charge on any atom is -0.456 e. The van der Waals surface area contributed by atoms with E-state index in [4.69, 9.17) is 9.47 Å². The van der Waals surface area contributed by atoms with Crippen LogP contribution < -0.4 is 5.32 Å². The molecule has 0 heterocycles. The summed E-state index contributed by atoms with van der Waals surface area (Å²) in [5, 5.41) is 2.49. The van der Waals surface area contributed by atoms with Gasteiger partial charge in [-0.15, -0.1) is 0 Å². The standard InChI is InChI=1S/C23H29NO4/c1-15-9-7-8-10-20(15)19-13-11-18(12-14-19)17(3)27-21(25)16(2)24-22(26)28-23(4,5)6/h7-14,16-17H,1-6H3,(H,24,26)/t16-,17-/m0/s1. The Balaban J connectivity index is 1.96. The van der Waals surface area contributed by atoms with Gasteiger partial charge in [0, 0.05) is 0 Å². The zero-order chi connectivity index (χ0) is 20.9. The van der Waals surface area contributed by atoms with Gasteiger partial charge < -0.3 is 14.8 Å². The molecule has 0 aliphatic carbocycles. The summed E-state index contributed by atoms with van der Waals surface area (Å²) < 4.78 is 10.6. The Morgan fingerprint density at radius 2 is 1.57 bits per heavy atom. The van der Waals surface area contributed by atoms with Crippen LogP contribution in [-0.4, -0.2) is 23.7 Å². The molecule has 0 spiro atoms. The molecule has 0 aliphatic rings. The van der Waals surface area contributed by atoms with Gasteiger partial charge in [0.05, 0.1) is 0 Å². The highest BCUT2D eigenvalue weighted by atomic mass is 16.6. The molecular weight excluding hydrogens is 354 g/mol. The van der Waals surface area contributed by atoms with Crippen LogP contribution in [0.2, 0.25) is 0 Å². The van der Waals surface area contributed by atoms with Gasteiger partial charge in [0.1, 0.15) is 17.7 Å². The van der Waals surface area contributed by atoms with Crippen molar-refractivity contribution in [3.63, 3.8) is 0 Å². The summed E-state index contributed by atoms with van der Waals surface area (Å²) in [4.78, 5) is 24.1. The molecule has 0 saturated carbocycles. The molecule has 0 unspecified atom stereocenters. The number of carbonyl (C=O) groups excluding carboxylic acids is 2. The number of rotatable bonds is 5. The first-order chi connectivity index (χ1) is 13.1. The Kier molecular flexibility index (Phi) is 6.84. The van der Waals surface area contributed by atoms with Gasteiger partial charge in [-0.1, -0.05) is 48.5 Å². The second-order valence-electron chi connectivity index (χ2n) is 7.88. The number of aryl methyl sites for hydroxylation is 1. The molecule has 150 valence electrons. The van der Waals surface area contributed by atoms with E-state index in [-0.39, 0.29) is 0 Å². The fourth-order valence-corrected chi connectivity index (χ4v) is 2.72. The SMILES string of the molecule is Cc1ccccc1-c1ccc([C@H](C)OC(=O)[C@H](C)NC(=O)OC(C)(C)C)cc1. The summed E-state index contributed by atoms with van der Waals surface area (Å²) in [6.45, 7) is 10.7. The topological polar surface area (TPSA) is 64.6 Å². The van der Waals surface area contributed by atoms with Crippen molar-refractivity contribution in [3.05, 3.63) is 59.7 Å². The van der Waals surface area contributed by atoms with Gasteiger partial charge in [0.15, 0.2) is 0 Å². The van der Waals surface area contributed by atoms with Crippen molar-refractivity contribution in [3.8, 4) is 11.1 Å². The van der Waals surface area contributed by atoms with Crippen molar-refractivity contribution in [2.75, 3.05) is 0 Å². The molecule has 1 N–H and O–H groups in total. The van der Waals surface area contributed by atoms with Crippen molar-refractivity contribution < 1.29 is 19.1 Å². The van der Waals surface area contributed by atoms with E-state index in [9.17, 15) is 9.59 Å². The van der Waals surface area contributed by atoms with Crippen LogP contribution in [0.15, 0.2) is 48.5 Å². The van der Waals surface area contributed by atoms with Gasteiger partial charge in [-0.05, 0) is 63.8 Å². The lowest BCUT2D eigenvalue weighted by Crippen LogP contribution is -2.42. The van der Waals surface area contributed by atoms with E-state index in [1.807, 2.05) is 36.4 Å². The predicted octanol–water partition coefficient (Wildman–Crippen LogP) is 5.18. The van der Waals surface area contributed by atoms with E-state index in [0.717, 1.165) is 11.1 Å². The highest BCUT2D eigenvalue weighted by Crippen LogP contribution is 2.26. The minimum atomic E-state index is -0.802. The van der Waals surface area contributed by atoms with Crippen LogP contribution >= 0.6 is 0 Å². The molecule has 0 saturated heterocycles. The van der Waals surface area contributed by atoms with E-state index >= 15 is 0 Å². The van der Waals surface area contributed by atoms with E-state index in [1.165, 1.54) is 11.1 Å². The van der Waals surface area contributed by atoms with Crippen LogP contribution in [0.4, 0.5) is 4.79 Å². The van der Waals surface area contributed by atoms with Crippen molar-refractivity contribution in [1.82, 2.24) is 5.32 Å². The Bertz CT molecular complexity index is 821. The number of hydrogen-bond donors (Lipinski definition) is 1. The zero-order valence-corrected chi connectivity index (χ0v) is 17.4. The summed E-state index contributed by atoms with van der Waals surface area (Å²) >= 11 is 0. The third-order valence-corrected chi connectivity index (χ3v) is 4.22. The first-order valence-electron chi connectivity index (χ1n) is 9.43. The molecule has 1 amide bonds. The lowest BCUT2D eigenvalue weighted by Gasteiger charge is -2.22. The molecule has 2 aromatic rings. The molecule has 2 atom stereocenters. The fraction of sp³-hybridized carbons (Fsp3) is 0.391. The number of nitrogens with one attached hydrogen (secondary N) is 1. The largest absolute Gasteiger partial charge is 0.456 e. The monoisotopic (exact) mass is 383 g/mol. The molecule has 5 heteroatoms. The maximum absolute atomic E-state index is 12.3. The first kappa shape index (κ1) is 21.5. The third kappa shape index (κ3) is 6.12. The van der Waals surface area contributed by atoms with E-state index in [0.29, 0.717) is 0 Å². The average molecular weight is 383 g/mol. The highest BCUT2D eigenvalue weighted by molar-refractivity contribution is 5.81. The Morgan fingerprint density at radius 3 is 2.14 bits per heavy atom. The summed E-state index contributed by atoms with van der Waals surface area (Å²) in [5.74, 6) is -0.513. The maximum Gasteiger partial charge on any atom is 0.408 e. The maximum atomic E-state index is 12.3. The van der Waals surface area contributed by atoms with Gasteiger partial charge >= 0.3 is 12.1 Å². The Labute approximate surface area is 167 Å². The van der Waals surface area contributed by atoms with Crippen molar-refractivity contribution >= 4 is 12.1 Å². The van der Waals surface area contributed by atoms with Crippen LogP contribution in [0.25, 0.3) is 11.1 Å². The number of hydrogen-bond acceptors (Lipinski definition) is 4. The molecular formula is C23H29NO4. The smallest absolute Gasteiger partial charge is 0.408 e. The Hall–Kier alpha value is -2.82. The molecule has 2 rings (SSSR count). The predicted molar refractivity (Wildman–Crippen MR) is 110 cm³/mol. The minimum absolute atomic E-state index is 0.429. The van der Waals surface area contributed by atoms with Gasteiger partial charge in [-0.3, -0.25) is 0 Å². The van der Waals surface area contributed by atoms with Crippen molar-refractivity contribution in [1.29, 1.82) is 0 Å². The van der Waals surface area contributed by atoms with Crippen molar-refractivity contribution in [2.24, 2.45) is 0 Å². The van der Waals surface area contributed by atoms with Crippen LogP contribution in [0, 0.1) is 6.92 Å². The van der Waals surface area contributed by atoms with Crippen LogP contribution in [0.1, 0.15) is 51.8 Å². The molecule has 0 bridgehead atoms. The quantitative estimate of drug-likeness (QED) is 0.723.